The maximum absolute atomic E-state index is 12.3. The highest BCUT2D eigenvalue weighted by molar-refractivity contribution is 7.14. The van der Waals surface area contributed by atoms with Gasteiger partial charge in [0.2, 0.25) is 5.91 Å². The molecule has 0 aromatic carbocycles. The molecule has 2 rings (SSSR count). The van der Waals surface area contributed by atoms with Crippen LogP contribution in [0.5, 0.6) is 0 Å². The summed E-state index contributed by atoms with van der Waals surface area (Å²) in [6, 6.07) is 0. The molecule has 9 heteroatoms. The maximum Gasteiger partial charge on any atom is 0.317 e. The fourth-order valence-electron chi connectivity index (χ4n) is 2.04. The van der Waals surface area contributed by atoms with Crippen LogP contribution in [0.15, 0.2) is 5.38 Å². The molecule has 0 saturated carbocycles. The molecule has 0 atom stereocenters. The highest BCUT2D eigenvalue weighted by atomic mass is 32.1. The number of carboxylic acids is 1. The Bertz CT molecular complexity index is 551. The standard InChI is InChI=1S/C12H16N4O4S/c1-8(17)13-12-14-9(7-21-12)11(20)16-4-2-15(3-5-16)6-10(18)19/h7H,2-6H2,1H3,(H,18,19)(H,13,14,17). The van der Waals surface area contributed by atoms with Crippen LogP contribution >= 0.6 is 11.3 Å². The molecule has 2 N–H and O–H groups in total. The number of hydrogen-bond donors (Lipinski definition) is 2. The number of carbonyl (C=O) groups excluding carboxylic acids is 2. The SMILES string of the molecule is CC(=O)Nc1nc(C(=O)N2CCN(CC(=O)O)CC2)cs1. The van der Waals surface area contributed by atoms with Gasteiger partial charge in [-0.3, -0.25) is 19.3 Å². The lowest BCUT2D eigenvalue weighted by atomic mass is 10.3. The van der Waals surface area contributed by atoms with Crippen LogP contribution in [-0.2, 0) is 9.59 Å². The van der Waals surface area contributed by atoms with Gasteiger partial charge in [-0.15, -0.1) is 11.3 Å². The molecular weight excluding hydrogens is 296 g/mol. The van der Waals surface area contributed by atoms with Gasteiger partial charge in [-0.1, -0.05) is 0 Å². The monoisotopic (exact) mass is 312 g/mol. The second kappa shape index (κ2) is 6.64. The van der Waals surface area contributed by atoms with E-state index in [1.165, 1.54) is 18.3 Å². The zero-order valence-electron chi connectivity index (χ0n) is 11.5. The van der Waals surface area contributed by atoms with Crippen LogP contribution in [0.2, 0.25) is 0 Å². The van der Waals surface area contributed by atoms with Gasteiger partial charge in [0.15, 0.2) is 5.13 Å². The van der Waals surface area contributed by atoms with Gasteiger partial charge in [-0.2, -0.15) is 0 Å². The minimum atomic E-state index is -0.866. The molecule has 0 unspecified atom stereocenters. The summed E-state index contributed by atoms with van der Waals surface area (Å²) in [5.41, 5.74) is 0.301. The van der Waals surface area contributed by atoms with Crippen LogP contribution in [0.4, 0.5) is 5.13 Å². The molecule has 1 aliphatic rings. The summed E-state index contributed by atoms with van der Waals surface area (Å²) in [5, 5.41) is 13.3. The Kier molecular flexibility index (Phi) is 4.86. The molecule has 1 aromatic heterocycles. The first-order valence-corrected chi connectivity index (χ1v) is 7.30. The molecule has 0 radical (unpaired) electrons. The predicted molar refractivity (Wildman–Crippen MR) is 76.4 cm³/mol. The molecule has 1 saturated heterocycles. The first-order chi connectivity index (χ1) is 9.95. The average Bonchev–Trinajstić information content (AvgIpc) is 2.85. The Morgan fingerprint density at radius 3 is 2.57 bits per heavy atom. The Hall–Kier alpha value is -2.00. The van der Waals surface area contributed by atoms with Gasteiger partial charge in [0, 0.05) is 38.5 Å². The van der Waals surface area contributed by atoms with Crippen molar-refractivity contribution in [2.75, 3.05) is 38.0 Å². The fourth-order valence-corrected chi connectivity index (χ4v) is 2.77. The van der Waals surface area contributed by atoms with E-state index in [4.69, 9.17) is 5.11 Å². The topological polar surface area (TPSA) is 103 Å². The zero-order chi connectivity index (χ0) is 15.4. The van der Waals surface area contributed by atoms with Crippen LogP contribution in [-0.4, -0.2) is 70.4 Å². The minimum Gasteiger partial charge on any atom is -0.480 e. The first-order valence-electron chi connectivity index (χ1n) is 6.42. The number of hydrogen-bond acceptors (Lipinski definition) is 6. The van der Waals surface area contributed by atoms with Gasteiger partial charge in [0.25, 0.3) is 5.91 Å². The highest BCUT2D eigenvalue weighted by Crippen LogP contribution is 2.17. The van der Waals surface area contributed by atoms with Gasteiger partial charge >= 0.3 is 5.97 Å². The third-order valence-electron chi connectivity index (χ3n) is 3.02. The molecule has 1 aromatic rings. The normalized spacial score (nSPS) is 15.8. The van der Waals surface area contributed by atoms with E-state index >= 15 is 0 Å². The van der Waals surface area contributed by atoms with Crippen molar-refractivity contribution >= 4 is 34.3 Å². The molecule has 114 valence electrons. The summed E-state index contributed by atoms with van der Waals surface area (Å²) in [5.74, 6) is -1.29. The first kappa shape index (κ1) is 15.4. The summed E-state index contributed by atoms with van der Waals surface area (Å²) in [4.78, 5) is 41.3. The van der Waals surface area contributed by atoms with E-state index in [9.17, 15) is 14.4 Å². The number of anilines is 1. The van der Waals surface area contributed by atoms with Crippen molar-refractivity contribution in [2.24, 2.45) is 0 Å². The van der Waals surface area contributed by atoms with Crippen molar-refractivity contribution in [3.63, 3.8) is 0 Å². The third kappa shape index (κ3) is 4.23. The van der Waals surface area contributed by atoms with E-state index in [-0.39, 0.29) is 18.4 Å². The number of thiazole rings is 1. The number of aliphatic carboxylic acids is 1. The van der Waals surface area contributed by atoms with Gasteiger partial charge < -0.3 is 15.3 Å². The van der Waals surface area contributed by atoms with Crippen molar-refractivity contribution in [3.8, 4) is 0 Å². The molecule has 0 spiro atoms. The second-order valence-electron chi connectivity index (χ2n) is 4.68. The Balaban J connectivity index is 1.91. The van der Waals surface area contributed by atoms with E-state index in [0.29, 0.717) is 37.0 Å². The zero-order valence-corrected chi connectivity index (χ0v) is 12.4. The van der Waals surface area contributed by atoms with Crippen molar-refractivity contribution < 1.29 is 19.5 Å². The second-order valence-corrected chi connectivity index (χ2v) is 5.54. The van der Waals surface area contributed by atoms with Crippen LogP contribution in [0.3, 0.4) is 0 Å². The average molecular weight is 312 g/mol. The van der Waals surface area contributed by atoms with Crippen molar-refractivity contribution in [1.29, 1.82) is 0 Å². The maximum atomic E-state index is 12.3. The predicted octanol–water partition coefficient (Wildman–Crippen LogP) is -0.0561. The smallest absolute Gasteiger partial charge is 0.317 e. The van der Waals surface area contributed by atoms with E-state index in [1.54, 1.807) is 15.2 Å². The Labute approximate surface area is 125 Å². The van der Waals surface area contributed by atoms with Crippen LogP contribution in [0.1, 0.15) is 17.4 Å². The van der Waals surface area contributed by atoms with E-state index in [1.807, 2.05) is 0 Å². The summed E-state index contributed by atoms with van der Waals surface area (Å²) in [6.45, 7) is 3.37. The van der Waals surface area contributed by atoms with Crippen LogP contribution in [0.25, 0.3) is 0 Å². The van der Waals surface area contributed by atoms with Gasteiger partial charge in [0.1, 0.15) is 5.69 Å². The number of nitrogens with one attached hydrogen (secondary N) is 1. The number of amides is 2. The molecule has 2 heterocycles. The van der Waals surface area contributed by atoms with Gasteiger partial charge in [-0.25, -0.2) is 4.98 Å². The lowest BCUT2D eigenvalue weighted by Crippen LogP contribution is -2.49. The number of carboxylic acid groups (broad SMARTS) is 1. The molecule has 0 bridgehead atoms. The van der Waals surface area contributed by atoms with E-state index < -0.39 is 5.97 Å². The molecule has 8 nitrogen and oxygen atoms in total. The fraction of sp³-hybridized carbons (Fsp3) is 0.500. The van der Waals surface area contributed by atoms with E-state index in [2.05, 4.69) is 10.3 Å². The molecule has 1 fully saturated rings. The summed E-state index contributed by atoms with van der Waals surface area (Å²) in [6.07, 6.45) is 0. The Morgan fingerprint density at radius 2 is 2.00 bits per heavy atom. The Morgan fingerprint density at radius 1 is 1.33 bits per heavy atom. The van der Waals surface area contributed by atoms with Gasteiger partial charge in [-0.05, 0) is 0 Å². The summed E-state index contributed by atoms with van der Waals surface area (Å²) >= 11 is 1.20. The summed E-state index contributed by atoms with van der Waals surface area (Å²) in [7, 11) is 0. The van der Waals surface area contributed by atoms with E-state index in [0.717, 1.165) is 0 Å². The van der Waals surface area contributed by atoms with Crippen molar-refractivity contribution in [2.45, 2.75) is 6.92 Å². The highest BCUT2D eigenvalue weighted by Gasteiger charge is 2.24. The number of piperazine rings is 1. The quantitative estimate of drug-likeness (QED) is 0.807. The summed E-state index contributed by atoms with van der Waals surface area (Å²) < 4.78 is 0. The van der Waals surface area contributed by atoms with Crippen molar-refractivity contribution in [3.05, 3.63) is 11.1 Å². The third-order valence-corrected chi connectivity index (χ3v) is 3.78. The molecule has 2 amide bonds. The minimum absolute atomic E-state index is 0.00852. The van der Waals surface area contributed by atoms with Crippen LogP contribution in [0, 0.1) is 0 Å². The van der Waals surface area contributed by atoms with Crippen LogP contribution < -0.4 is 5.32 Å². The largest absolute Gasteiger partial charge is 0.480 e. The lowest BCUT2D eigenvalue weighted by Gasteiger charge is -2.33. The number of nitrogens with zero attached hydrogens (tertiary/aromatic N) is 3. The molecule has 0 aliphatic carbocycles. The van der Waals surface area contributed by atoms with Crippen molar-refractivity contribution in [1.82, 2.24) is 14.8 Å². The molecular formula is C12H16N4O4S. The lowest BCUT2D eigenvalue weighted by molar-refractivity contribution is -0.138. The van der Waals surface area contributed by atoms with Gasteiger partial charge in [0.05, 0.1) is 6.54 Å². The number of carbonyl (C=O) groups is 3. The number of rotatable bonds is 4. The molecule has 1 aliphatic heterocycles. The number of aromatic nitrogens is 1. The molecule has 21 heavy (non-hydrogen) atoms.